The van der Waals surface area contributed by atoms with Gasteiger partial charge in [0.2, 0.25) is 17.5 Å². The summed E-state index contributed by atoms with van der Waals surface area (Å²) in [4.78, 5) is 7.34. The largest absolute Gasteiger partial charge is 0.333 e. The van der Waals surface area contributed by atoms with Crippen molar-refractivity contribution < 1.29 is 22.4 Å². The van der Waals surface area contributed by atoms with Crippen molar-refractivity contribution in [3.8, 4) is 5.88 Å². The Morgan fingerprint density at radius 2 is 1.65 bits per heavy atom. The van der Waals surface area contributed by atoms with Gasteiger partial charge >= 0.3 is 0 Å². The monoisotopic (exact) mass is 284 g/mol. The SMILES string of the molecule is C/C(=N\Oc1nc(F)c(F)c(F)c1F)c1ccccc1. The predicted molar refractivity (Wildman–Crippen MR) is 63.4 cm³/mol. The van der Waals surface area contributed by atoms with Gasteiger partial charge < -0.3 is 4.84 Å². The Hall–Kier alpha value is -2.44. The summed E-state index contributed by atoms with van der Waals surface area (Å²) in [5.41, 5.74) is 0.993. The van der Waals surface area contributed by atoms with Gasteiger partial charge in [0.05, 0.1) is 5.71 Å². The van der Waals surface area contributed by atoms with Crippen molar-refractivity contribution in [2.75, 3.05) is 0 Å². The van der Waals surface area contributed by atoms with Gasteiger partial charge in [0.15, 0.2) is 0 Å². The van der Waals surface area contributed by atoms with Crippen LogP contribution in [0.1, 0.15) is 12.5 Å². The van der Waals surface area contributed by atoms with Crippen LogP contribution in [0, 0.1) is 23.4 Å². The van der Waals surface area contributed by atoms with Gasteiger partial charge in [-0.05, 0) is 12.5 Å². The molecule has 0 unspecified atom stereocenters. The van der Waals surface area contributed by atoms with E-state index in [9.17, 15) is 17.6 Å². The third kappa shape index (κ3) is 2.76. The molecule has 7 heteroatoms. The first-order valence-electron chi connectivity index (χ1n) is 5.47. The van der Waals surface area contributed by atoms with Gasteiger partial charge in [0, 0.05) is 0 Å². The number of halogens is 4. The minimum absolute atomic E-state index is 0.331. The second kappa shape index (κ2) is 5.68. The summed E-state index contributed by atoms with van der Waals surface area (Å²) in [5, 5.41) is 3.50. The van der Waals surface area contributed by atoms with Crippen molar-refractivity contribution >= 4 is 5.71 Å². The van der Waals surface area contributed by atoms with E-state index in [1.165, 1.54) is 0 Å². The average Bonchev–Trinajstić information content (AvgIpc) is 2.48. The molecule has 3 nitrogen and oxygen atoms in total. The fraction of sp³-hybridized carbons (Fsp3) is 0.0769. The minimum atomic E-state index is -2.00. The van der Waals surface area contributed by atoms with E-state index in [4.69, 9.17) is 0 Å². The second-order valence-corrected chi connectivity index (χ2v) is 3.78. The predicted octanol–water partition coefficient (Wildman–Crippen LogP) is 3.44. The summed E-state index contributed by atoms with van der Waals surface area (Å²) in [5.74, 6) is -8.62. The van der Waals surface area contributed by atoms with E-state index in [1.54, 1.807) is 37.3 Å². The molecular formula is C13H8F4N2O. The molecule has 0 aliphatic carbocycles. The van der Waals surface area contributed by atoms with Gasteiger partial charge in [-0.2, -0.15) is 18.2 Å². The summed E-state index contributed by atoms with van der Waals surface area (Å²) in [6.45, 7) is 1.55. The van der Waals surface area contributed by atoms with Crippen molar-refractivity contribution in [2.45, 2.75) is 6.92 Å². The highest BCUT2D eigenvalue weighted by molar-refractivity contribution is 5.98. The Kier molecular flexibility index (Phi) is 3.97. The van der Waals surface area contributed by atoms with E-state index in [0.29, 0.717) is 11.3 Å². The number of pyridine rings is 1. The first-order valence-corrected chi connectivity index (χ1v) is 5.47. The summed E-state index contributed by atoms with van der Waals surface area (Å²) in [7, 11) is 0. The second-order valence-electron chi connectivity index (χ2n) is 3.78. The molecule has 0 saturated carbocycles. The number of hydrogen-bond acceptors (Lipinski definition) is 3. The Bertz CT molecular complexity index is 659. The topological polar surface area (TPSA) is 34.5 Å². The maximum atomic E-state index is 13.3. The Balaban J connectivity index is 2.28. The highest BCUT2D eigenvalue weighted by Gasteiger charge is 2.22. The lowest BCUT2D eigenvalue weighted by molar-refractivity contribution is 0.280. The molecule has 1 aromatic heterocycles. The van der Waals surface area contributed by atoms with Gasteiger partial charge in [-0.1, -0.05) is 35.5 Å². The number of aromatic nitrogens is 1. The van der Waals surface area contributed by atoms with E-state index < -0.39 is 29.3 Å². The van der Waals surface area contributed by atoms with Crippen LogP contribution in [0.4, 0.5) is 17.6 Å². The van der Waals surface area contributed by atoms with Gasteiger partial charge in [0.25, 0.3) is 11.8 Å². The molecule has 2 rings (SSSR count). The smallest absolute Gasteiger partial charge is 0.290 e. The first kappa shape index (κ1) is 14.0. The normalized spacial score (nSPS) is 11.6. The maximum Gasteiger partial charge on any atom is 0.290 e. The van der Waals surface area contributed by atoms with Crippen LogP contribution in [0.25, 0.3) is 0 Å². The molecule has 0 aliphatic heterocycles. The quantitative estimate of drug-likeness (QED) is 0.374. The number of oxime groups is 1. The minimum Gasteiger partial charge on any atom is -0.333 e. The fourth-order valence-corrected chi connectivity index (χ4v) is 1.37. The molecule has 0 fully saturated rings. The molecule has 104 valence electrons. The van der Waals surface area contributed by atoms with Crippen LogP contribution >= 0.6 is 0 Å². The first-order chi connectivity index (χ1) is 9.50. The highest BCUT2D eigenvalue weighted by Crippen LogP contribution is 2.21. The third-order valence-electron chi connectivity index (χ3n) is 2.41. The van der Waals surface area contributed by atoms with Crippen molar-refractivity contribution in [3.05, 3.63) is 59.3 Å². The van der Waals surface area contributed by atoms with Crippen LogP contribution in [0.3, 0.4) is 0 Å². The van der Waals surface area contributed by atoms with Gasteiger partial charge in [-0.3, -0.25) is 0 Å². The van der Waals surface area contributed by atoms with Crippen molar-refractivity contribution in [1.29, 1.82) is 0 Å². The molecule has 0 atom stereocenters. The number of benzene rings is 1. The molecule has 1 heterocycles. The van der Waals surface area contributed by atoms with Crippen LogP contribution in [-0.2, 0) is 0 Å². The zero-order valence-electron chi connectivity index (χ0n) is 10.2. The van der Waals surface area contributed by atoms with Crippen LogP contribution in [0.15, 0.2) is 35.5 Å². The Morgan fingerprint density at radius 3 is 2.30 bits per heavy atom. The van der Waals surface area contributed by atoms with E-state index >= 15 is 0 Å². The molecule has 2 aromatic rings. The van der Waals surface area contributed by atoms with E-state index in [0.717, 1.165) is 0 Å². The molecule has 0 aliphatic rings. The van der Waals surface area contributed by atoms with Crippen LogP contribution in [0.5, 0.6) is 5.88 Å². The maximum absolute atomic E-state index is 13.3. The van der Waals surface area contributed by atoms with Crippen LogP contribution in [-0.4, -0.2) is 10.7 Å². The zero-order chi connectivity index (χ0) is 14.7. The molecule has 0 spiro atoms. The molecule has 0 radical (unpaired) electrons. The van der Waals surface area contributed by atoms with E-state index in [1.807, 2.05) is 0 Å². The van der Waals surface area contributed by atoms with Crippen molar-refractivity contribution in [1.82, 2.24) is 4.98 Å². The lowest BCUT2D eigenvalue weighted by atomic mass is 10.1. The molecule has 0 amide bonds. The summed E-state index contributed by atoms with van der Waals surface area (Å²) in [6, 6.07) is 8.67. The Labute approximate surface area is 111 Å². The Morgan fingerprint density at radius 1 is 1.00 bits per heavy atom. The number of rotatable bonds is 3. The molecule has 1 aromatic carbocycles. The van der Waals surface area contributed by atoms with E-state index in [-0.39, 0.29) is 0 Å². The standard InChI is InChI=1S/C13H8F4N2O/c1-7(8-5-3-2-4-6-8)19-20-13-11(16)9(14)10(15)12(17)18-13/h2-6H,1H3/b19-7+. The summed E-state index contributed by atoms with van der Waals surface area (Å²) in [6.07, 6.45) is 0. The molecule has 0 bridgehead atoms. The van der Waals surface area contributed by atoms with Crippen molar-refractivity contribution in [2.24, 2.45) is 5.16 Å². The summed E-state index contributed by atoms with van der Waals surface area (Å²) >= 11 is 0. The fourth-order valence-electron chi connectivity index (χ4n) is 1.37. The number of hydrogen-bond donors (Lipinski definition) is 0. The van der Waals surface area contributed by atoms with Crippen LogP contribution in [0.2, 0.25) is 0 Å². The van der Waals surface area contributed by atoms with Crippen molar-refractivity contribution in [3.63, 3.8) is 0 Å². The third-order valence-corrected chi connectivity index (χ3v) is 2.41. The molecule has 0 N–H and O–H groups in total. The van der Waals surface area contributed by atoms with Gasteiger partial charge in [-0.25, -0.2) is 4.39 Å². The number of nitrogens with zero attached hydrogens (tertiary/aromatic N) is 2. The molecule has 20 heavy (non-hydrogen) atoms. The summed E-state index contributed by atoms with van der Waals surface area (Å²) < 4.78 is 51.7. The van der Waals surface area contributed by atoms with Gasteiger partial charge in [0.1, 0.15) is 0 Å². The lowest BCUT2D eigenvalue weighted by Gasteiger charge is -2.03. The molecule has 0 saturated heterocycles. The highest BCUT2D eigenvalue weighted by atomic mass is 19.2. The molecular weight excluding hydrogens is 276 g/mol. The lowest BCUT2D eigenvalue weighted by Crippen LogP contribution is -2.05. The van der Waals surface area contributed by atoms with Crippen LogP contribution < -0.4 is 4.84 Å². The van der Waals surface area contributed by atoms with E-state index in [2.05, 4.69) is 15.0 Å². The zero-order valence-corrected chi connectivity index (χ0v) is 10.2. The average molecular weight is 284 g/mol. The van der Waals surface area contributed by atoms with Gasteiger partial charge in [-0.15, -0.1) is 0 Å².